The molecular formula is C19H24FN3O3. The van der Waals surface area contributed by atoms with E-state index in [1.165, 1.54) is 24.3 Å². The van der Waals surface area contributed by atoms with Crippen LogP contribution < -0.4 is 5.32 Å². The number of hydrogen-bond donors (Lipinski definition) is 1. The number of likely N-dealkylation sites (N-methyl/N-ethyl adjacent to an activating group) is 1. The summed E-state index contributed by atoms with van der Waals surface area (Å²) in [6, 6.07) is 5.35. The molecule has 26 heavy (non-hydrogen) atoms. The number of piperidine rings is 1. The number of nitrogens with one attached hydrogen (secondary N) is 1. The van der Waals surface area contributed by atoms with Crippen LogP contribution in [0.3, 0.4) is 0 Å². The maximum Gasteiger partial charge on any atom is 0.240 e. The smallest absolute Gasteiger partial charge is 0.240 e. The highest BCUT2D eigenvalue weighted by molar-refractivity contribution is 5.98. The number of halogens is 1. The molecule has 0 bridgehead atoms. The second kappa shape index (κ2) is 7.53. The number of Topliss-reactive ketones (excluding diaryl/α,β-unsaturated/α-hetero) is 1. The van der Waals surface area contributed by atoms with Crippen molar-refractivity contribution >= 4 is 17.6 Å². The SMILES string of the molecule is CN1CCNC(=O)C12CCN(C(=O)CCC(=O)c1ccc(F)cc1)CC2. The number of hydrogen-bond acceptors (Lipinski definition) is 4. The lowest BCUT2D eigenvalue weighted by Gasteiger charge is -2.48. The van der Waals surface area contributed by atoms with E-state index < -0.39 is 11.4 Å². The Hall–Kier alpha value is -2.28. The molecule has 2 heterocycles. The second-order valence-electron chi connectivity index (χ2n) is 7.02. The van der Waals surface area contributed by atoms with Crippen LogP contribution >= 0.6 is 0 Å². The van der Waals surface area contributed by atoms with Crippen molar-refractivity contribution in [3.8, 4) is 0 Å². The molecule has 0 unspecified atom stereocenters. The van der Waals surface area contributed by atoms with Gasteiger partial charge in [-0.2, -0.15) is 0 Å². The minimum atomic E-state index is -0.515. The summed E-state index contributed by atoms with van der Waals surface area (Å²) < 4.78 is 12.9. The van der Waals surface area contributed by atoms with E-state index in [-0.39, 0.29) is 30.4 Å². The molecule has 1 N–H and O–H groups in total. The van der Waals surface area contributed by atoms with Crippen LogP contribution in [0, 0.1) is 5.82 Å². The molecule has 7 heteroatoms. The quantitative estimate of drug-likeness (QED) is 0.819. The summed E-state index contributed by atoms with van der Waals surface area (Å²) in [7, 11) is 1.96. The molecule has 1 aromatic carbocycles. The molecule has 0 aliphatic carbocycles. The fraction of sp³-hybridized carbons (Fsp3) is 0.526. The number of benzene rings is 1. The van der Waals surface area contributed by atoms with Gasteiger partial charge in [-0.1, -0.05) is 0 Å². The molecule has 6 nitrogen and oxygen atoms in total. The van der Waals surface area contributed by atoms with E-state index in [0.29, 0.717) is 38.0 Å². The number of amides is 2. The van der Waals surface area contributed by atoms with Gasteiger partial charge >= 0.3 is 0 Å². The third kappa shape index (κ3) is 3.62. The van der Waals surface area contributed by atoms with Crippen LogP contribution in [0.5, 0.6) is 0 Å². The Balaban J connectivity index is 1.51. The van der Waals surface area contributed by atoms with Crippen LogP contribution in [-0.4, -0.2) is 66.2 Å². The van der Waals surface area contributed by atoms with E-state index in [0.717, 1.165) is 6.54 Å². The van der Waals surface area contributed by atoms with Crippen molar-refractivity contribution < 1.29 is 18.8 Å². The molecule has 2 aliphatic rings. The molecule has 2 saturated heterocycles. The van der Waals surface area contributed by atoms with E-state index in [1.54, 1.807) is 4.90 Å². The van der Waals surface area contributed by atoms with Crippen LogP contribution in [0.15, 0.2) is 24.3 Å². The van der Waals surface area contributed by atoms with Gasteiger partial charge in [-0.25, -0.2) is 4.39 Å². The minimum Gasteiger partial charge on any atom is -0.353 e. The van der Waals surface area contributed by atoms with E-state index in [1.807, 2.05) is 7.05 Å². The molecule has 2 amide bonds. The minimum absolute atomic E-state index is 0.0461. The van der Waals surface area contributed by atoms with Crippen molar-refractivity contribution in [1.82, 2.24) is 15.1 Å². The maximum absolute atomic E-state index is 12.9. The van der Waals surface area contributed by atoms with Crippen LogP contribution in [0.25, 0.3) is 0 Å². The predicted molar refractivity (Wildman–Crippen MR) is 94.1 cm³/mol. The first-order valence-electron chi connectivity index (χ1n) is 8.98. The summed E-state index contributed by atoms with van der Waals surface area (Å²) in [5.41, 5.74) is -0.101. The van der Waals surface area contributed by atoms with Gasteiger partial charge < -0.3 is 10.2 Å². The number of piperazine rings is 1. The van der Waals surface area contributed by atoms with Crippen molar-refractivity contribution in [2.45, 2.75) is 31.2 Å². The number of likely N-dealkylation sites (tertiary alicyclic amines) is 1. The largest absolute Gasteiger partial charge is 0.353 e. The van der Waals surface area contributed by atoms with Gasteiger partial charge in [0.05, 0.1) is 0 Å². The molecule has 140 valence electrons. The highest BCUT2D eigenvalue weighted by Crippen LogP contribution is 2.30. The zero-order chi connectivity index (χ0) is 18.7. The zero-order valence-electron chi connectivity index (χ0n) is 15.0. The summed E-state index contributed by atoms with van der Waals surface area (Å²) in [4.78, 5) is 40.7. The Labute approximate surface area is 152 Å². The zero-order valence-corrected chi connectivity index (χ0v) is 15.0. The molecular weight excluding hydrogens is 337 g/mol. The Morgan fingerprint density at radius 3 is 2.38 bits per heavy atom. The summed E-state index contributed by atoms with van der Waals surface area (Å²) in [5, 5.41) is 2.92. The van der Waals surface area contributed by atoms with Crippen LogP contribution in [0.4, 0.5) is 4.39 Å². The Morgan fingerprint density at radius 2 is 1.77 bits per heavy atom. The summed E-state index contributed by atoms with van der Waals surface area (Å²) in [6.07, 6.45) is 1.44. The van der Waals surface area contributed by atoms with E-state index in [9.17, 15) is 18.8 Å². The molecule has 2 fully saturated rings. The Bertz CT molecular complexity index is 696. The fourth-order valence-electron chi connectivity index (χ4n) is 3.78. The molecule has 0 saturated carbocycles. The van der Waals surface area contributed by atoms with Crippen molar-refractivity contribution in [3.05, 3.63) is 35.6 Å². The average molecular weight is 361 g/mol. The second-order valence-corrected chi connectivity index (χ2v) is 7.02. The molecule has 1 spiro atoms. The summed E-state index contributed by atoms with van der Waals surface area (Å²) in [5.74, 6) is -0.589. The number of carbonyl (C=O) groups is 3. The van der Waals surface area contributed by atoms with Gasteiger partial charge in [0.15, 0.2) is 5.78 Å². The predicted octanol–water partition coefficient (Wildman–Crippen LogP) is 1.21. The Kier molecular flexibility index (Phi) is 5.36. The van der Waals surface area contributed by atoms with Crippen LogP contribution in [0.1, 0.15) is 36.0 Å². The lowest BCUT2D eigenvalue weighted by molar-refractivity contribution is -0.145. The lowest BCUT2D eigenvalue weighted by atomic mass is 9.83. The normalized spacial score (nSPS) is 20.1. The van der Waals surface area contributed by atoms with E-state index >= 15 is 0 Å². The van der Waals surface area contributed by atoms with E-state index in [4.69, 9.17) is 0 Å². The molecule has 0 atom stereocenters. The summed E-state index contributed by atoms with van der Waals surface area (Å²) in [6.45, 7) is 2.50. The average Bonchev–Trinajstić information content (AvgIpc) is 2.65. The first-order valence-corrected chi connectivity index (χ1v) is 8.98. The van der Waals surface area contributed by atoms with Crippen molar-refractivity contribution in [2.24, 2.45) is 0 Å². The maximum atomic E-state index is 12.9. The van der Waals surface area contributed by atoms with Gasteiger partial charge in [0.25, 0.3) is 0 Å². The van der Waals surface area contributed by atoms with Gasteiger partial charge in [-0.05, 0) is 44.2 Å². The number of nitrogens with zero attached hydrogens (tertiary/aromatic N) is 2. The van der Waals surface area contributed by atoms with Gasteiger partial charge in [0.1, 0.15) is 11.4 Å². The topological polar surface area (TPSA) is 69.7 Å². The van der Waals surface area contributed by atoms with Crippen LogP contribution in [0.2, 0.25) is 0 Å². The van der Waals surface area contributed by atoms with Crippen molar-refractivity contribution in [1.29, 1.82) is 0 Å². The molecule has 0 radical (unpaired) electrons. The molecule has 0 aromatic heterocycles. The number of carbonyl (C=O) groups excluding carboxylic acids is 3. The first-order chi connectivity index (χ1) is 12.4. The molecule has 3 rings (SSSR count). The van der Waals surface area contributed by atoms with Gasteiger partial charge in [0, 0.05) is 44.6 Å². The highest BCUT2D eigenvalue weighted by Gasteiger charge is 2.46. The fourth-order valence-corrected chi connectivity index (χ4v) is 3.78. The standard InChI is InChI=1S/C19H24FN3O3/c1-22-13-10-21-18(26)19(22)8-11-23(12-9-19)17(25)7-6-16(24)14-2-4-15(20)5-3-14/h2-5H,6-13H2,1H3,(H,21,26). The summed E-state index contributed by atoms with van der Waals surface area (Å²) >= 11 is 0. The monoisotopic (exact) mass is 361 g/mol. The highest BCUT2D eigenvalue weighted by atomic mass is 19.1. The van der Waals surface area contributed by atoms with Gasteiger partial charge in [-0.3, -0.25) is 19.3 Å². The van der Waals surface area contributed by atoms with Gasteiger partial charge in [-0.15, -0.1) is 0 Å². The number of ketones is 1. The van der Waals surface area contributed by atoms with Gasteiger partial charge in [0.2, 0.25) is 11.8 Å². The van der Waals surface area contributed by atoms with Crippen LogP contribution in [-0.2, 0) is 9.59 Å². The Morgan fingerprint density at radius 1 is 1.12 bits per heavy atom. The van der Waals surface area contributed by atoms with E-state index in [2.05, 4.69) is 10.2 Å². The molecule has 2 aliphatic heterocycles. The lowest BCUT2D eigenvalue weighted by Crippen LogP contribution is -2.67. The third-order valence-electron chi connectivity index (χ3n) is 5.56. The van der Waals surface area contributed by atoms with Crippen molar-refractivity contribution in [2.75, 3.05) is 33.2 Å². The molecule has 1 aromatic rings. The number of rotatable bonds is 4. The first kappa shape index (κ1) is 18.5. The van der Waals surface area contributed by atoms with Crippen molar-refractivity contribution in [3.63, 3.8) is 0 Å². The third-order valence-corrected chi connectivity index (χ3v) is 5.56.